The molecule has 17 heavy (non-hydrogen) atoms. The first-order valence-electron chi connectivity index (χ1n) is 4.86. The van der Waals surface area contributed by atoms with Crippen molar-refractivity contribution in [1.29, 1.82) is 0 Å². The average molecular weight is 288 g/mol. The number of aromatic nitrogens is 1. The van der Waals surface area contributed by atoms with Crippen LogP contribution >= 0.6 is 34.8 Å². The van der Waals surface area contributed by atoms with Crippen LogP contribution in [0.4, 0.5) is 5.69 Å². The number of aryl methyl sites for hydroxylation is 1. The largest absolute Gasteiger partial charge is 0.397 e. The summed E-state index contributed by atoms with van der Waals surface area (Å²) in [5.41, 5.74) is 8.88. The van der Waals surface area contributed by atoms with Crippen LogP contribution in [-0.2, 0) is 0 Å². The Kier molecular flexibility index (Phi) is 3.48. The van der Waals surface area contributed by atoms with Crippen molar-refractivity contribution in [3.05, 3.63) is 45.2 Å². The van der Waals surface area contributed by atoms with E-state index in [0.717, 1.165) is 16.8 Å². The molecule has 0 unspecified atom stereocenters. The molecule has 2 aromatic rings. The standard InChI is InChI=1S/C12H9Cl3N2/c1-6-12(16)7(2-3-17-6)8-4-10(14)11(15)5-9(8)13/h2-5H,16H2,1H3. The summed E-state index contributed by atoms with van der Waals surface area (Å²) in [6.07, 6.45) is 1.68. The zero-order valence-corrected chi connectivity index (χ0v) is 11.2. The Balaban J connectivity index is 2.69. The lowest BCUT2D eigenvalue weighted by atomic mass is 10.0. The molecule has 0 saturated heterocycles. The third-order valence-electron chi connectivity index (χ3n) is 2.49. The summed E-state index contributed by atoms with van der Waals surface area (Å²) < 4.78 is 0. The first-order chi connectivity index (χ1) is 8.00. The average Bonchev–Trinajstić information content (AvgIpc) is 2.28. The van der Waals surface area contributed by atoms with Gasteiger partial charge in [0.2, 0.25) is 0 Å². The summed E-state index contributed by atoms with van der Waals surface area (Å²) in [4.78, 5) is 4.11. The van der Waals surface area contributed by atoms with Crippen LogP contribution in [0, 0.1) is 6.92 Å². The van der Waals surface area contributed by atoms with Crippen LogP contribution in [0.25, 0.3) is 11.1 Å². The lowest BCUT2D eigenvalue weighted by molar-refractivity contribution is 1.21. The van der Waals surface area contributed by atoms with Gasteiger partial charge in [-0.1, -0.05) is 34.8 Å². The second kappa shape index (κ2) is 4.73. The van der Waals surface area contributed by atoms with Crippen molar-refractivity contribution in [3.63, 3.8) is 0 Å². The van der Waals surface area contributed by atoms with Gasteiger partial charge in [0, 0.05) is 17.3 Å². The predicted octanol–water partition coefficient (Wildman–Crippen LogP) is 4.60. The van der Waals surface area contributed by atoms with Gasteiger partial charge in [0.15, 0.2) is 0 Å². The van der Waals surface area contributed by atoms with Crippen molar-refractivity contribution in [1.82, 2.24) is 4.98 Å². The van der Waals surface area contributed by atoms with Crippen molar-refractivity contribution >= 4 is 40.5 Å². The summed E-state index contributed by atoms with van der Waals surface area (Å²) in [5.74, 6) is 0. The molecule has 2 nitrogen and oxygen atoms in total. The highest BCUT2D eigenvalue weighted by Gasteiger charge is 2.11. The molecule has 0 aliphatic carbocycles. The first kappa shape index (κ1) is 12.5. The zero-order valence-electron chi connectivity index (χ0n) is 8.97. The number of hydrogen-bond donors (Lipinski definition) is 1. The van der Waals surface area contributed by atoms with Gasteiger partial charge in [-0.15, -0.1) is 0 Å². The molecule has 1 heterocycles. The molecule has 0 bridgehead atoms. The van der Waals surface area contributed by atoms with Gasteiger partial charge in [-0.05, 0) is 25.1 Å². The van der Waals surface area contributed by atoms with Crippen LogP contribution in [0.3, 0.4) is 0 Å². The molecule has 0 fully saturated rings. The lowest BCUT2D eigenvalue weighted by Gasteiger charge is -2.10. The van der Waals surface area contributed by atoms with Gasteiger partial charge in [0.1, 0.15) is 0 Å². The number of benzene rings is 1. The maximum atomic E-state index is 6.14. The number of hydrogen-bond acceptors (Lipinski definition) is 2. The molecule has 0 radical (unpaired) electrons. The summed E-state index contributed by atoms with van der Waals surface area (Å²) in [6, 6.07) is 5.11. The van der Waals surface area contributed by atoms with Gasteiger partial charge in [-0.3, -0.25) is 4.98 Å². The zero-order chi connectivity index (χ0) is 12.6. The molecule has 2 N–H and O–H groups in total. The van der Waals surface area contributed by atoms with E-state index in [0.29, 0.717) is 20.8 Å². The fourth-order valence-corrected chi connectivity index (χ4v) is 2.19. The number of nitrogens with zero attached hydrogens (tertiary/aromatic N) is 1. The highest BCUT2D eigenvalue weighted by molar-refractivity contribution is 6.44. The van der Waals surface area contributed by atoms with Crippen LogP contribution in [0.15, 0.2) is 24.4 Å². The Morgan fingerprint density at radius 2 is 1.65 bits per heavy atom. The first-order valence-corrected chi connectivity index (χ1v) is 6.00. The summed E-state index contributed by atoms with van der Waals surface area (Å²) >= 11 is 18.0. The number of anilines is 1. The second-order valence-electron chi connectivity index (χ2n) is 3.60. The monoisotopic (exact) mass is 286 g/mol. The molecule has 0 spiro atoms. The summed E-state index contributed by atoms with van der Waals surface area (Å²) in [6.45, 7) is 1.84. The Bertz CT molecular complexity index is 582. The second-order valence-corrected chi connectivity index (χ2v) is 4.83. The highest BCUT2D eigenvalue weighted by atomic mass is 35.5. The third kappa shape index (κ3) is 2.34. The van der Waals surface area contributed by atoms with Crippen molar-refractivity contribution < 1.29 is 0 Å². The molecule has 2 rings (SSSR count). The van der Waals surface area contributed by atoms with Gasteiger partial charge in [0.25, 0.3) is 0 Å². The fraction of sp³-hybridized carbons (Fsp3) is 0.0833. The van der Waals surface area contributed by atoms with Crippen molar-refractivity contribution in [3.8, 4) is 11.1 Å². The highest BCUT2D eigenvalue weighted by Crippen LogP contribution is 2.37. The minimum atomic E-state index is 0.421. The van der Waals surface area contributed by atoms with E-state index in [1.165, 1.54) is 0 Å². The van der Waals surface area contributed by atoms with Crippen LogP contribution in [-0.4, -0.2) is 4.98 Å². The fourth-order valence-electron chi connectivity index (χ4n) is 1.54. The molecule has 0 saturated carbocycles. The van der Waals surface area contributed by atoms with Crippen molar-refractivity contribution in [2.45, 2.75) is 6.92 Å². The molecular weight excluding hydrogens is 279 g/mol. The topological polar surface area (TPSA) is 38.9 Å². The van der Waals surface area contributed by atoms with Crippen LogP contribution in [0.5, 0.6) is 0 Å². The van der Waals surface area contributed by atoms with Gasteiger partial charge < -0.3 is 5.73 Å². The van der Waals surface area contributed by atoms with Crippen molar-refractivity contribution in [2.75, 3.05) is 5.73 Å². The minimum absolute atomic E-state index is 0.421. The Hall–Kier alpha value is -0.960. The summed E-state index contributed by atoms with van der Waals surface area (Å²) in [7, 11) is 0. The molecule has 5 heteroatoms. The van der Waals surface area contributed by atoms with E-state index >= 15 is 0 Å². The molecule has 0 aliphatic rings. The molecule has 1 aromatic carbocycles. The van der Waals surface area contributed by atoms with Crippen LogP contribution in [0.1, 0.15) is 5.69 Å². The number of nitrogens with two attached hydrogens (primary N) is 1. The molecule has 0 aliphatic heterocycles. The van der Waals surface area contributed by atoms with Crippen LogP contribution < -0.4 is 5.73 Å². The van der Waals surface area contributed by atoms with Gasteiger partial charge in [-0.25, -0.2) is 0 Å². The molecular formula is C12H9Cl3N2. The number of halogens is 3. The van der Waals surface area contributed by atoms with Gasteiger partial charge in [0.05, 0.1) is 26.4 Å². The molecule has 1 aromatic heterocycles. The van der Waals surface area contributed by atoms with Crippen LogP contribution in [0.2, 0.25) is 15.1 Å². The summed E-state index contributed by atoms with van der Waals surface area (Å²) in [5, 5.41) is 1.38. The Morgan fingerprint density at radius 3 is 2.35 bits per heavy atom. The van der Waals surface area contributed by atoms with Gasteiger partial charge in [-0.2, -0.15) is 0 Å². The quantitative estimate of drug-likeness (QED) is 0.779. The van der Waals surface area contributed by atoms with E-state index in [1.807, 2.05) is 6.92 Å². The van der Waals surface area contributed by atoms with E-state index in [2.05, 4.69) is 4.98 Å². The van der Waals surface area contributed by atoms with E-state index in [-0.39, 0.29) is 0 Å². The van der Waals surface area contributed by atoms with E-state index in [9.17, 15) is 0 Å². The normalized spacial score (nSPS) is 10.6. The van der Waals surface area contributed by atoms with E-state index < -0.39 is 0 Å². The Morgan fingerprint density at radius 1 is 1.00 bits per heavy atom. The van der Waals surface area contributed by atoms with E-state index in [1.54, 1.807) is 24.4 Å². The smallest absolute Gasteiger partial charge is 0.0610 e. The number of pyridine rings is 1. The maximum Gasteiger partial charge on any atom is 0.0610 e. The third-order valence-corrected chi connectivity index (χ3v) is 3.52. The number of rotatable bonds is 1. The maximum absolute atomic E-state index is 6.14. The number of nitrogen functional groups attached to an aromatic ring is 1. The van der Waals surface area contributed by atoms with Crippen molar-refractivity contribution in [2.24, 2.45) is 0 Å². The SMILES string of the molecule is Cc1nccc(-c2cc(Cl)c(Cl)cc2Cl)c1N. The Labute approximate surface area is 114 Å². The molecule has 0 amide bonds. The van der Waals surface area contributed by atoms with Gasteiger partial charge >= 0.3 is 0 Å². The lowest BCUT2D eigenvalue weighted by Crippen LogP contribution is -1.96. The molecule has 0 atom stereocenters. The predicted molar refractivity (Wildman–Crippen MR) is 73.9 cm³/mol. The van der Waals surface area contributed by atoms with E-state index in [4.69, 9.17) is 40.5 Å². The molecule has 88 valence electrons. The minimum Gasteiger partial charge on any atom is -0.397 e.